The van der Waals surface area contributed by atoms with E-state index < -0.39 is 0 Å². The van der Waals surface area contributed by atoms with Crippen molar-refractivity contribution in [1.29, 1.82) is 0 Å². The number of benzene rings is 10. The maximum absolute atomic E-state index is 5.22. The number of fused-ring (bicyclic) bond motifs is 6. The fourth-order valence-electron chi connectivity index (χ4n) is 13.2. The highest BCUT2D eigenvalue weighted by molar-refractivity contribution is 6.10. The number of hydrogen-bond acceptors (Lipinski definition) is 11. The molecule has 0 amide bonds. The monoisotopic (exact) mass is 1310 g/mol. The predicted molar refractivity (Wildman–Crippen MR) is 413 cm³/mol. The lowest BCUT2D eigenvalue weighted by Crippen LogP contribution is -2.01. The molecule has 0 aliphatic rings. The van der Waals surface area contributed by atoms with Gasteiger partial charge >= 0.3 is 0 Å². The largest absolute Gasteiger partial charge is 0.253 e. The summed E-state index contributed by atoms with van der Waals surface area (Å²) >= 11 is 0. The molecule has 0 atom stereocenters. The van der Waals surface area contributed by atoms with E-state index in [1.807, 2.05) is 122 Å². The summed E-state index contributed by atoms with van der Waals surface area (Å²) in [7, 11) is 0. The minimum atomic E-state index is 0.534. The van der Waals surface area contributed by atoms with Crippen molar-refractivity contribution in [1.82, 2.24) is 54.8 Å². The van der Waals surface area contributed by atoms with Crippen molar-refractivity contribution >= 4 is 43.6 Å². The lowest BCUT2D eigenvalue weighted by Gasteiger charge is -2.12. The molecule has 18 rings (SSSR count). The zero-order valence-corrected chi connectivity index (χ0v) is 55.7. The van der Waals surface area contributed by atoms with E-state index in [2.05, 4.69) is 223 Å². The smallest absolute Gasteiger partial charge is 0.182 e. The number of aryl methyl sites for hydroxylation is 2. The van der Waals surface area contributed by atoms with Crippen molar-refractivity contribution in [2.75, 3.05) is 0 Å². The fraction of sp³-hybridized carbons (Fsp3) is 0.0220. The molecular formula is C91H61N11. The zero-order chi connectivity index (χ0) is 68.3. The van der Waals surface area contributed by atoms with Gasteiger partial charge in [0.1, 0.15) is 11.4 Å². The SMILES string of the molecule is Cc1cc(-c2ccccc2)c2ccc3ccc(-c4ccc(-c5cccc(-c6nc(-c7ccccc7)nc(-c7ccccn7)n6)c5)cc4)nc3c2n1.Cc1cc(-c2ccccc2)c2ccc3ccc(-c4cccc(-c5ccc(-c6cc(-c7ccccc7)nc(-c7ccccn7)n6)cc5)c4)nc3c2n1. The molecule has 11 heteroatoms. The molecule has 8 heterocycles. The van der Waals surface area contributed by atoms with Crippen LogP contribution in [0.1, 0.15) is 11.4 Å². The third-order valence-corrected chi connectivity index (χ3v) is 18.3. The van der Waals surface area contributed by atoms with E-state index in [-0.39, 0.29) is 0 Å². The molecule has 0 N–H and O–H groups in total. The first-order valence-corrected chi connectivity index (χ1v) is 33.9. The molecule has 0 fully saturated rings. The predicted octanol–water partition coefficient (Wildman–Crippen LogP) is 22.0. The maximum Gasteiger partial charge on any atom is 0.182 e. The summed E-state index contributed by atoms with van der Waals surface area (Å²) < 4.78 is 0. The third-order valence-electron chi connectivity index (χ3n) is 18.3. The summed E-state index contributed by atoms with van der Waals surface area (Å²) in [5.74, 6) is 2.33. The summed E-state index contributed by atoms with van der Waals surface area (Å²) in [6, 6.07) is 110. The van der Waals surface area contributed by atoms with Crippen molar-refractivity contribution in [3.8, 4) is 135 Å². The summed E-state index contributed by atoms with van der Waals surface area (Å²) in [5, 5.41) is 4.34. The lowest BCUT2D eigenvalue weighted by atomic mass is 9.97. The zero-order valence-electron chi connectivity index (χ0n) is 55.7. The van der Waals surface area contributed by atoms with Gasteiger partial charge in [0.05, 0.1) is 44.8 Å². The van der Waals surface area contributed by atoms with Gasteiger partial charge in [0.25, 0.3) is 0 Å². The van der Waals surface area contributed by atoms with Crippen LogP contribution in [-0.4, -0.2) is 54.8 Å². The Kier molecular flexibility index (Phi) is 16.5. The van der Waals surface area contributed by atoms with Crippen LogP contribution in [-0.2, 0) is 0 Å². The minimum absolute atomic E-state index is 0.534. The van der Waals surface area contributed by atoms with Gasteiger partial charge in [0, 0.05) is 78.7 Å². The molecule has 0 bridgehead atoms. The summed E-state index contributed by atoms with van der Waals surface area (Å²) in [5.41, 5.74) is 25.5. The maximum atomic E-state index is 5.22. The van der Waals surface area contributed by atoms with Gasteiger partial charge in [-0.25, -0.2) is 34.9 Å². The average Bonchev–Trinajstić information content (AvgIpc) is 0.765. The standard InChI is InChI=1S/C46H31N5.C45H30N6/c1-30-27-39(32-11-4-2-5-12-32)38-24-22-35-23-25-40(49-44(35)45(38)48-30)37-16-10-15-36(28-37)31-18-20-34(21-19-31)43-29-42(33-13-6-3-7-14-33)50-46(51-43)41-17-8-9-26-47-41;1-29-27-38(31-11-4-2-5-12-31)37-24-22-33-23-25-39(48-41(33)42(37)47-29)32-20-18-30(19-21-32)35-15-10-16-36(28-35)44-49-43(34-13-6-3-7-14-34)50-45(51-44)40-17-8-9-26-46-40/h2-29H,1H3;2-28H,1H3. The van der Waals surface area contributed by atoms with Crippen LogP contribution >= 0.6 is 0 Å². The van der Waals surface area contributed by atoms with Gasteiger partial charge in [-0.15, -0.1) is 0 Å². The van der Waals surface area contributed by atoms with E-state index in [0.29, 0.717) is 29.0 Å². The lowest BCUT2D eigenvalue weighted by molar-refractivity contribution is 1.06. The topological polar surface area (TPSA) is 142 Å². The highest BCUT2D eigenvalue weighted by Gasteiger charge is 2.19. The normalized spacial score (nSPS) is 11.2. The van der Waals surface area contributed by atoms with E-state index >= 15 is 0 Å². The Labute approximate surface area is 589 Å². The Balaban J connectivity index is 0.000000152. The Morgan fingerprint density at radius 2 is 0.549 bits per heavy atom. The first-order chi connectivity index (χ1) is 50.3. The van der Waals surface area contributed by atoms with Gasteiger partial charge in [0.15, 0.2) is 23.3 Å². The molecule has 0 radical (unpaired) electrons. The highest BCUT2D eigenvalue weighted by atomic mass is 15.0. The molecule has 0 saturated heterocycles. The molecule has 11 nitrogen and oxygen atoms in total. The third kappa shape index (κ3) is 12.7. The second-order valence-corrected chi connectivity index (χ2v) is 25.1. The van der Waals surface area contributed by atoms with Crippen molar-refractivity contribution in [3.63, 3.8) is 0 Å². The van der Waals surface area contributed by atoms with E-state index in [0.717, 1.165) is 139 Å². The molecule has 10 aromatic carbocycles. The van der Waals surface area contributed by atoms with Crippen molar-refractivity contribution in [2.45, 2.75) is 13.8 Å². The molecule has 0 aliphatic carbocycles. The molecule has 0 saturated carbocycles. The van der Waals surface area contributed by atoms with E-state index in [9.17, 15) is 0 Å². The van der Waals surface area contributed by atoms with Gasteiger partial charge in [-0.3, -0.25) is 19.9 Å². The summed E-state index contributed by atoms with van der Waals surface area (Å²) in [6.45, 7) is 4.10. The molecule has 0 aliphatic heterocycles. The van der Waals surface area contributed by atoms with Crippen LogP contribution < -0.4 is 0 Å². The fourth-order valence-corrected chi connectivity index (χ4v) is 13.2. The average molecular weight is 1310 g/mol. The van der Waals surface area contributed by atoms with Crippen LogP contribution in [0, 0.1) is 13.8 Å². The van der Waals surface area contributed by atoms with Gasteiger partial charge in [-0.1, -0.05) is 255 Å². The van der Waals surface area contributed by atoms with Crippen LogP contribution in [0.2, 0.25) is 0 Å². The molecule has 8 aromatic heterocycles. The van der Waals surface area contributed by atoms with Crippen molar-refractivity contribution in [3.05, 3.63) is 345 Å². The van der Waals surface area contributed by atoms with Gasteiger partial charge in [0.2, 0.25) is 0 Å². The van der Waals surface area contributed by atoms with Crippen LogP contribution in [0.4, 0.5) is 0 Å². The second kappa shape index (κ2) is 27.3. The Hall–Kier alpha value is -13.8. The van der Waals surface area contributed by atoms with E-state index in [4.69, 9.17) is 44.9 Å². The number of aromatic nitrogens is 11. The van der Waals surface area contributed by atoms with Crippen LogP contribution in [0.5, 0.6) is 0 Å². The molecule has 0 unspecified atom stereocenters. The Bertz CT molecular complexity index is 5990. The minimum Gasteiger partial charge on any atom is -0.253 e. The van der Waals surface area contributed by atoms with E-state index in [1.54, 1.807) is 12.4 Å². The van der Waals surface area contributed by atoms with Crippen LogP contribution in [0.25, 0.3) is 179 Å². The number of rotatable bonds is 12. The molecule has 102 heavy (non-hydrogen) atoms. The molecule has 480 valence electrons. The molecular weight excluding hydrogens is 1250 g/mol. The number of nitrogens with zero attached hydrogens (tertiary/aromatic N) is 11. The first-order valence-electron chi connectivity index (χ1n) is 33.9. The van der Waals surface area contributed by atoms with Gasteiger partial charge < -0.3 is 0 Å². The van der Waals surface area contributed by atoms with Crippen molar-refractivity contribution < 1.29 is 0 Å². The quantitative estimate of drug-likeness (QED) is 0.108. The Morgan fingerprint density at radius 1 is 0.186 bits per heavy atom. The summed E-state index contributed by atoms with van der Waals surface area (Å²) in [6.07, 6.45) is 3.52. The van der Waals surface area contributed by atoms with Crippen LogP contribution in [0.3, 0.4) is 0 Å². The van der Waals surface area contributed by atoms with E-state index in [1.165, 1.54) is 22.3 Å². The molecule has 18 aromatic rings. The number of pyridine rings is 6. The van der Waals surface area contributed by atoms with Crippen LogP contribution in [0.15, 0.2) is 334 Å². The number of hydrogen-bond donors (Lipinski definition) is 0. The van der Waals surface area contributed by atoms with Crippen molar-refractivity contribution in [2.24, 2.45) is 0 Å². The summed E-state index contributed by atoms with van der Waals surface area (Å²) in [4.78, 5) is 53.8. The second-order valence-electron chi connectivity index (χ2n) is 25.1. The molecule has 0 spiro atoms. The Morgan fingerprint density at radius 3 is 1.04 bits per heavy atom. The van der Waals surface area contributed by atoms with Gasteiger partial charge in [-0.2, -0.15) is 0 Å². The first kappa shape index (κ1) is 61.8. The van der Waals surface area contributed by atoms with Gasteiger partial charge in [-0.05, 0) is 125 Å². The highest BCUT2D eigenvalue weighted by Crippen LogP contribution is 2.38.